The SMILES string of the molecule is CCn1cc(CN2CCN(C(=O)c3cc4nccc(-c5cnn(CC)c5C)n4n3)CC2)c(C)n1. The molecule has 0 aromatic carbocycles. The summed E-state index contributed by atoms with van der Waals surface area (Å²) in [5, 5.41) is 13.6. The maximum Gasteiger partial charge on any atom is 0.274 e. The van der Waals surface area contributed by atoms with Gasteiger partial charge in [0.15, 0.2) is 11.3 Å². The zero-order valence-corrected chi connectivity index (χ0v) is 20.3. The van der Waals surface area contributed by atoms with Gasteiger partial charge in [-0.05, 0) is 33.8 Å². The quantitative estimate of drug-likeness (QED) is 0.438. The van der Waals surface area contributed by atoms with Crippen LogP contribution in [0.3, 0.4) is 0 Å². The van der Waals surface area contributed by atoms with E-state index in [2.05, 4.69) is 52.1 Å². The minimum atomic E-state index is -0.0490. The normalized spacial score (nSPS) is 14.9. The Balaban J connectivity index is 1.30. The van der Waals surface area contributed by atoms with Gasteiger partial charge in [0.25, 0.3) is 5.91 Å². The molecule has 0 spiro atoms. The molecule has 4 aromatic heterocycles. The summed E-state index contributed by atoms with van der Waals surface area (Å²) >= 11 is 0. The third-order valence-corrected chi connectivity index (χ3v) is 6.68. The minimum Gasteiger partial charge on any atom is -0.335 e. The third kappa shape index (κ3) is 3.98. The topological polar surface area (TPSA) is 89.4 Å². The van der Waals surface area contributed by atoms with Crippen molar-refractivity contribution in [2.45, 2.75) is 47.3 Å². The van der Waals surface area contributed by atoms with Crippen molar-refractivity contribution in [2.75, 3.05) is 26.2 Å². The average Bonchev–Trinajstić information content (AvgIpc) is 3.55. The first kappa shape index (κ1) is 22.3. The summed E-state index contributed by atoms with van der Waals surface area (Å²) in [6, 6.07) is 3.69. The van der Waals surface area contributed by atoms with E-state index in [1.807, 2.05) is 33.5 Å². The van der Waals surface area contributed by atoms with Crippen molar-refractivity contribution in [3.8, 4) is 11.3 Å². The first-order valence-corrected chi connectivity index (χ1v) is 11.9. The van der Waals surface area contributed by atoms with E-state index in [1.54, 1.807) is 16.8 Å². The molecule has 0 aliphatic carbocycles. The highest BCUT2D eigenvalue weighted by Gasteiger charge is 2.25. The van der Waals surface area contributed by atoms with Crippen molar-refractivity contribution in [1.29, 1.82) is 0 Å². The summed E-state index contributed by atoms with van der Waals surface area (Å²) in [6.45, 7) is 13.8. The second-order valence-corrected chi connectivity index (χ2v) is 8.75. The molecule has 1 fully saturated rings. The molecule has 1 aliphatic rings. The second kappa shape index (κ2) is 9.02. The molecule has 0 atom stereocenters. The molecular formula is C24H31N9O. The van der Waals surface area contributed by atoms with Crippen LogP contribution in [0.1, 0.15) is 41.3 Å². The summed E-state index contributed by atoms with van der Waals surface area (Å²) < 4.78 is 5.68. The number of aromatic nitrogens is 7. The standard InChI is InChI=1S/C24H31N9O/c1-5-31-16-19(17(3)27-31)15-29-9-11-30(12-10-29)24(34)21-13-23-25-8-7-22(33(23)28-21)20-14-26-32(6-2)18(20)4/h7-8,13-14,16H,5-6,9-12,15H2,1-4H3. The van der Waals surface area contributed by atoms with E-state index >= 15 is 0 Å². The van der Waals surface area contributed by atoms with Gasteiger partial charge < -0.3 is 4.90 Å². The first-order valence-electron chi connectivity index (χ1n) is 11.9. The Hall–Kier alpha value is -3.53. The maximum absolute atomic E-state index is 13.3. The Kier molecular flexibility index (Phi) is 5.91. The molecule has 5 rings (SSSR count). The lowest BCUT2D eigenvalue weighted by Gasteiger charge is -2.34. The van der Waals surface area contributed by atoms with E-state index in [9.17, 15) is 4.79 Å². The van der Waals surface area contributed by atoms with Gasteiger partial charge in [-0.25, -0.2) is 9.50 Å². The van der Waals surface area contributed by atoms with Gasteiger partial charge in [0.05, 0.1) is 17.6 Å². The van der Waals surface area contributed by atoms with E-state index in [0.717, 1.165) is 55.4 Å². The maximum atomic E-state index is 13.3. The molecule has 178 valence electrons. The number of hydrogen-bond donors (Lipinski definition) is 0. The van der Waals surface area contributed by atoms with Crippen LogP contribution in [0.5, 0.6) is 0 Å². The van der Waals surface area contributed by atoms with Crippen LogP contribution >= 0.6 is 0 Å². The van der Waals surface area contributed by atoms with E-state index in [4.69, 9.17) is 0 Å². The Morgan fingerprint density at radius 3 is 2.53 bits per heavy atom. The molecule has 0 radical (unpaired) electrons. The average molecular weight is 462 g/mol. The third-order valence-electron chi connectivity index (χ3n) is 6.68. The summed E-state index contributed by atoms with van der Waals surface area (Å²) in [5.41, 5.74) is 6.35. The predicted octanol–water partition coefficient (Wildman–Crippen LogP) is 2.40. The van der Waals surface area contributed by atoms with Gasteiger partial charge in [-0.3, -0.25) is 19.1 Å². The summed E-state index contributed by atoms with van der Waals surface area (Å²) in [7, 11) is 0. The number of amides is 1. The molecule has 1 amide bonds. The van der Waals surface area contributed by atoms with Crippen molar-refractivity contribution in [3.63, 3.8) is 0 Å². The molecule has 0 bridgehead atoms. The molecule has 10 heteroatoms. The molecule has 0 unspecified atom stereocenters. The summed E-state index contributed by atoms with van der Waals surface area (Å²) in [4.78, 5) is 22.0. The van der Waals surface area contributed by atoms with Crippen LogP contribution in [-0.2, 0) is 19.6 Å². The molecule has 34 heavy (non-hydrogen) atoms. The number of carbonyl (C=O) groups excluding carboxylic acids is 1. The van der Waals surface area contributed by atoms with Gasteiger partial charge in [-0.1, -0.05) is 0 Å². The summed E-state index contributed by atoms with van der Waals surface area (Å²) in [6.07, 6.45) is 5.73. The molecule has 4 aromatic rings. The van der Waals surface area contributed by atoms with Crippen LogP contribution in [0.25, 0.3) is 16.9 Å². The molecule has 0 saturated carbocycles. The fourth-order valence-corrected chi connectivity index (χ4v) is 4.61. The molecule has 0 N–H and O–H groups in total. The van der Waals surface area contributed by atoms with Crippen LogP contribution in [-0.4, -0.2) is 76.0 Å². The van der Waals surface area contributed by atoms with Crippen molar-refractivity contribution in [3.05, 3.63) is 53.4 Å². The zero-order chi connectivity index (χ0) is 23.8. The monoisotopic (exact) mass is 461 g/mol. The molecule has 1 saturated heterocycles. The first-order chi connectivity index (χ1) is 16.5. The fourth-order valence-electron chi connectivity index (χ4n) is 4.61. The van der Waals surface area contributed by atoms with Gasteiger partial charge >= 0.3 is 0 Å². The van der Waals surface area contributed by atoms with Gasteiger partial charge in [-0.2, -0.15) is 15.3 Å². The Morgan fingerprint density at radius 2 is 1.85 bits per heavy atom. The van der Waals surface area contributed by atoms with Crippen LogP contribution in [0, 0.1) is 13.8 Å². The number of rotatable bonds is 6. The Bertz CT molecular complexity index is 1320. The lowest BCUT2D eigenvalue weighted by Crippen LogP contribution is -2.48. The number of hydrogen-bond acceptors (Lipinski definition) is 6. The molecule has 5 heterocycles. The number of fused-ring (bicyclic) bond motifs is 1. The Labute approximate surface area is 198 Å². The van der Waals surface area contributed by atoms with Gasteiger partial charge in [0.2, 0.25) is 0 Å². The number of aryl methyl sites for hydroxylation is 3. The van der Waals surface area contributed by atoms with Gasteiger partial charge in [-0.15, -0.1) is 0 Å². The number of piperazine rings is 1. The van der Waals surface area contributed by atoms with E-state index < -0.39 is 0 Å². The van der Waals surface area contributed by atoms with E-state index in [1.165, 1.54) is 5.56 Å². The fraction of sp³-hybridized carbons (Fsp3) is 0.458. The smallest absolute Gasteiger partial charge is 0.274 e. The van der Waals surface area contributed by atoms with Crippen molar-refractivity contribution in [2.24, 2.45) is 0 Å². The lowest BCUT2D eigenvalue weighted by molar-refractivity contribution is 0.0622. The van der Waals surface area contributed by atoms with Crippen molar-refractivity contribution in [1.82, 2.24) is 44.0 Å². The predicted molar refractivity (Wildman–Crippen MR) is 128 cm³/mol. The summed E-state index contributed by atoms with van der Waals surface area (Å²) in [5.74, 6) is -0.0490. The largest absolute Gasteiger partial charge is 0.335 e. The highest BCUT2D eigenvalue weighted by atomic mass is 16.2. The van der Waals surface area contributed by atoms with E-state index in [0.29, 0.717) is 24.4 Å². The van der Waals surface area contributed by atoms with Crippen LogP contribution in [0.15, 0.2) is 30.7 Å². The lowest BCUT2D eigenvalue weighted by atomic mass is 10.2. The second-order valence-electron chi connectivity index (χ2n) is 8.75. The number of carbonyl (C=O) groups is 1. The minimum absolute atomic E-state index is 0.0490. The van der Waals surface area contributed by atoms with Crippen LogP contribution < -0.4 is 0 Å². The molecule has 1 aliphatic heterocycles. The van der Waals surface area contributed by atoms with Crippen LogP contribution in [0.2, 0.25) is 0 Å². The highest BCUT2D eigenvalue weighted by Crippen LogP contribution is 2.24. The molecular weight excluding hydrogens is 430 g/mol. The Morgan fingerprint density at radius 1 is 1.06 bits per heavy atom. The van der Waals surface area contributed by atoms with Crippen LogP contribution in [0.4, 0.5) is 0 Å². The highest BCUT2D eigenvalue weighted by molar-refractivity contribution is 5.93. The molecule has 10 nitrogen and oxygen atoms in total. The van der Waals surface area contributed by atoms with Gasteiger partial charge in [0, 0.05) is 81.1 Å². The van der Waals surface area contributed by atoms with Crippen molar-refractivity contribution < 1.29 is 4.79 Å². The van der Waals surface area contributed by atoms with Gasteiger partial charge in [0.1, 0.15) is 0 Å². The number of nitrogens with zero attached hydrogens (tertiary/aromatic N) is 9. The van der Waals surface area contributed by atoms with Crippen molar-refractivity contribution >= 4 is 11.6 Å². The zero-order valence-electron chi connectivity index (χ0n) is 20.3. The van der Waals surface area contributed by atoms with E-state index in [-0.39, 0.29) is 5.91 Å².